The van der Waals surface area contributed by atoms with E-state index in [0.717, 1.165) is 25.9 Å². The predicted octanol–water partition coefficient (Wildman–Crippen LogP) is 0.343. The van der Waals surface area contributed by atoms with Gasteiger partial charge in [-0.3, -0.25) is 14.4 Å². The van der Waals surface area contributed by atoms with E-state index in [4.69, 9.17) is 9.47 Å². The SMILES string of the molecule is COC(=O)C1COCCN(C(=O)c2c(C)ccn(C3CCNCC3)c2=O)C1. The van der Waals surface area contributed by atoms with Gasteiger partial charge in [0.05, 0.1) is 26.2 Å². The number of carbonyl (C=O) groups is 2. The van der Waals surface area contributed by atoms with Crippen molar-refractivity contribution in [1.29, 1.82) is 0 Å². The van der Waals surface area contributed by atoms with Crippen LogP contribution in [0.1, 0.15) is 34.8 Å². The smallest absolute Gasteiger partial charge is 0.312 e. The Hall–Kier alpha value is -2.19. The Kier molecular flexibility index (Phi) is 6.28. The van der Waals surface area contributed by atoms with Crippen LogP contribution in [-0.2, 0) is 14.3 Å². The molecule has 0 aliphatic carbocycles. The third-order valence-electron chi connectivity index (χ3n) is 5.33. The van der Waals surface area contributed by atoms with Crippen molar-refractivity contribution in [2.24, 2.45) is 5.92 Å². The van der Waals surface area contributed by atoms with Gasteiger partial charge in [0.1, 0.15) is 5.56 Å². The first-order valence-electron chi connectivity index (χ1n) is 9.40. The number of carbonyl (C=O) groups excluding carboxylic acids is 2. The van der Waals surface area contributed by atoms with E-state index in [1.165, 1.54) is 12.0 Å². The van der Waals surface area contributed by atoms with Crippen molar-refractivity contribution in [1.82, 2.24) is 14.8 Å². The van der Waals surface area contributed by atoms with Crippen LogP contribution in [0, 0.1) is 12.8 Å². The number of hydrogen-bond donors (Lipinski definition) is 1. The number of methoxy groups -OCH3 is 1. The minimum Gasteiger partial charge on any atom is -0.469 e. The van der Waals surface area contributed by atoms with E-state index in [2.05, 4.69) is 5.32 Å². The van der Waals surface area contributed by atoms with E-state index in [0.29, 0.717) is 18.7 Å². The van der Waals surface area contributed by atoms with Gasteiger partial charge >= 0.3 is 5.97 Å². The Morgan fingerprint density at radius 3 is 2.74 bits per heavy atom. The minimum atomic E-state index is -0.544. The van der Waals surface area contributed by atoms with Gasteiger partial charge in [-0.2, -0.15) is 0 Å². The molecule has 0 spiro atoms. The summed E-state index contributed by atoms with van der Waals surface area (Å²) in [6, 6.07) is 1.92. The lowest BCUT2D eigenvalue weighted by Gasteiger charge is -2.27. The molecule has 2 aliphatic rings. The fourth-order valence-electron chi connectivity index (χ4n) is 3.74. The normalized spacial score (nSPS) is 21.6. The van der Waals surface area contributed by atoms with Crippen molar-refractivity contribution in [2.75, 3.05) is 46.5 Å². The van der Waals surface area contributed by atoms with E-state index < -0.39 is 11.9 Å². The Balaban J connectivity index is 1.89. The molecule has 8 heteroatoms. The fourth-order valence-corrected chi connectivity index (χ4v) is 3.74. The maximum atomic E-state index is 13.2. The van der Waals surface area contributed by atoms with Crippen molar-refractivity contribution in [3.05, 3.63) is 33.7 Å². The summed E-state index contributed by atoms with van der Waals surface area (Å²) in [4.78, 5) is 39.7. The van der Waals surface area contributed by atoms with E-state index in [-0.39, 0.29) is 36.2 Å². The second kappa shape index (κ2) is 8.67. The molecular weight excluding hydrogens is 350 g/mol. The van der Waals surface area contributed by atoms with Crippen LogP contribution in [0.15, 0.2) is 17.1 Å². The van der Waals surface area contributed by atoms with E-state index in [9.17, 15) is 14.4 Å². The quantitative estimate of drug-likeness (QED) is 0.764. The Bertz CT molecular complexity index is 754. The molecule has 27 heavy (non-hydrogen) atoms. The molecule has 1 atom stereocenters. The summed E-state index contributed by atoms with van der Waals surface area (Å²) >= 11 is 0. The highest BCUT2D eigenvalue weighted by atomic mass is 16.5. The van der Waals surface area contributed by atoms with E-state index >= 15 is 0 Å². The van der Waals surface area contributed by atoms with Gasteiger partial charge in [0, 0.05) is 25.3 Å². The average molecular weight is 377 g/mol. The molecule has 8 nitrogen and oxygen atoms in total. The highest BCUT2D eigenvalue weighted by molar-refractivity contribution is 5.95. The van der Waals surface area contributed by atoms with Crippen LogP contribution in [0.25, 0.3) is 0 Å². The van der Waals surface area contributed by atoms with Gasteiger partial charge in [-0.15, -0.1) is 0 Å². The summed E-state index contributed by atoms with van der Waals surface area (Å²) in [6.45, 7) is 4.56. The molecule has 3 heterocycles. The molecule has 1 aromatic heterocycles. The topological polar surface area (TPSA) is 89.9 Å². The first-order valence-corrected chi connectivity index (χ1v) is 9.40. The second-order valence-corrected chi connectivity index (χ2v) is 7.11. The molecular formula is C19H27N3O5. The fraction of sp³-hybridized carbons (Fsp3) is 0.632. The second-order valence-electron chi connectivity index (χ2n) is 7.11. The van der Waals surface area contributed by atoms with Gasteiger partial charge < -0.3 is 24.3 Å². The van der Waals surface area contributed by atoms with Crippen LogP contribution < -0.4 is 10.9 Å². The van der Waals surface area contributed by atoms with Crippen LogP contribution in [0.3, 0.4) is 0 Å². The van der Waals surface area contributed by atoms with E-state index in [1.807, 2.05) is 6.07 Å². The number of esters is 1. The molecule has 2 saturated heterocycles. The number of ether oxygens (including phenoxy) is 2. The van der Waals surface area contributed by atoms with Crippen molar-refractivity contribution >= 4 is 11.9 Å². The summed E-state index contributed by atoms with van der Waals surface area (Å²) in [7, 11) is 1.32. The van der Waals surface area contributed by atoms with Crippen LogP contribution in [-0.4, -0.2) is 67.8 Å². The van der Waals surface area contributed by atoms with Crippen molar-refractivity contribution in [3.63, 3.8) is 0 Å². The van der Waals surface area contributed by atoms with Crippen molar-refractivity contribution in [3.8, 4) is 0 Å². The summed E-state index contributed by atoms with van der Waals surface area (Å²) in [6.07, 6.45) is 3.50. The Morgan fingerprint density at radius 1 is 1.30 bits per heavy atom. The lowest BCUT2D eigenvalue weighted by Crippen LogP contribution is -2.43. The number of aryl methyl sites for hydroxylation is 1. The number of rotatable bonds is 3. The summed E-state index contributed by atoms with van der Waals surface area (Å²) in [5, 5.41) is 3.28. The number of amides is 1. The van der Waals surface area contributed by atoms with Gasteiger partial charge in [0.15, 0.2) is 0 Å². The number of nitrogens with one attached hydrogen (secondary N) is 1. The molecule has 1 unspecified atom stereocenters. The predicted molar refractivity (Wildman–Crippen MR) is 98.8 cm³/mol. The molecule has 1 N–H and O–H groups in total. The molecule has 2 fully saturated rings. The molecule has 0 bridgehead atoms. The highest BCUT2D eigenvalue weighted by Crippen LogP contribution is 2.18. The van der Waals surface area contributed by atoms with Crippen LogP contribution in [0.5, 0.6) is 0 Å². The third kappa shape index (κ3) is 4.22. The molecule has 2 aliphatic heterocycles. The number of aromatic nitrogens is 1. The summed E-state index contributed by atoms with van der Waals surface area (Å²) < 4.78 is 11.9. The molecule has 1 aromatic rings. The van der Waals surface area contributed by atoms with Crippen molar-refractivity contribution in [2.45, 2.75) is 25.8 Å². The van der Waals surface area contributed by atoms with E-state index in [1.54, 1.807) is 17.7 Å². The maximum Gasteiger partial charge on any atom is 0.312 e. The monoisotopic (exact) mass is 377 g/mol. The zero-order valence-electron chi connectivity index (χ0n) is 15.9. The summed E-state index contributed by atoms with van der Waals surface area (Å²) in [5.74, 6) is -1.30. The molecule has 0 aromatic carbocycles. The summed E-state index contributed by atoms with van der Waals surface area (Å²) in [5.41, 5.74) is 0.572. The van der Waals surface area contributed by atoms with Gasteiger partial charge in [0.2, 0.25) is 0 Å². The number of nitrogens with zero attached hydrogens (tertiary/aromatic N) is 2. The first-order chi connectivity index (χ1) is 13.0. The van der Waals surface area contributed by atoms with Crippen molar-refractivity contribution < 1.29 is 19.1 Å². The molecule has 0 saturated carbocycles. The zero-order valence-corrected chi connectivity index (χ0v) is 15.9. The lowest BCUT2D eigenvalue weighted by atomic mass is 10.0. The maximum absolute atomic E-state index is 13.2. The highest BCUT2D eigenvalue weighted by Gasteiger charge is 2.31. The van der Waals surface area contributed by atoms with Gasteiger partial charge in [-0.1, -0.05) is 0 Å². The first kappa shape index (κ1) is 19.6. The van der Waals surface area contributed by atoms with Gasteiger partial charge in [0.25, 0.3) is 11.5 Å². The minimum absolute atomic E-state index is 0.0983. The van der Waals surface area contributed by atoms with Crippen LogP contribution >= 0.6 is 0 Å². The molecule has 148 valence electrons. The van der Waals surface area contributed by atoms with Crippen LogP contribution in [0.2, 0.25) is 0 Å². The zero-order chi connectivity index (χ0) is 19.4. The standard InChI is InChI=1S/C19H27N3O5/c1-13-5-8-22(15-3-6-20-7-4-15)18(24)16(13)17(23)21-9-10-27-12-14(11-21)19(25)26-2/h5,8,14-15,20H,3-4,6-7,9-12H2,1-2H3. The number of hydrogen-bond acceptors (Lipinski definition) is 6. The number of piperidine rings is 1. The Morgan fingerprint density at radius 2 is 2.04 bits per heavy atom. The van der Waals surface area contributed by atoms with Gasteiger partial charge in [-0.25, -0.2) is 0 Å². The molecule has 0 radical (unpaired) electrons. The average Bonchev–Trinajstić information content (AvgIpc) is 2.94. The van der Waals surface area contributed by atoms with Crippen LogP contribution in [0.4, 0.5) is 0 Å². The Labute approximate surface area is 158 Å². The molecule has 3 rings (SSSR count). The van der Waals surface area contributed by atoms with Gasteiger partial charge in [-0.05, 0) is 44.5 Å². The number of pyridine rings is 1. The molecule has 1 amide bonds. The third-order valence-corrected chi connectivity index (χ3v) is 5.33. The largest absolute Gasteiger partial charge is 0.469 e. The lowest BCUT2D eigenvalue weighted by molar-refractivity contribution is -0.147.